The SMILES string of the molecule is Cc1cc(C)c(CN(C)CC2(CO)CC2)c(C)c1. The Bertz CT molecular complexity index is 412. The Labute approximate surface area is 111 Å². The van der Waals surface area contributed by atoms with Crippen LogP contribution in [-0.2, 0) is 6.54 Å². The molecular formula is C16H25NO. The summed E-state index contributed by atoms with van der Waals surface area (Å²) in [6, 6.07) is 4.52. The normalized spacial score (nSPS) is 17.2. The molecule has 1 aliphatic rings. The number of rotatable bonds is 5. The third-order valence-corrected chi connectivity index (χ3v) is 4.17. The lowest BCUT2D eigenvalue weighted by Gasteiger charge is -2.24. The van der Waals surface area contributed by atoms with Gasteiger partial charge in [0.05, 0.1) is 0 Å². The van der Waals surface area contributed by atoms with Gasteiger partial charge in [-0.1, -0.05) is 17.7 Å². The minimum Gasteiger partial charge on any atom is -0.396 e. The molecule has 0 heterocycles. The zero-order chi connectivity index (χ0) is 13.3. The second kappa shape index (κ2) is 5.02. The first kappa shape index (κ1) is 13.6. The van der Waals surface area contributed by atoms with E-state index in [2.05, 4.69) is 44.9 Å². The lowest BCUT2D eigenvalue weighted by atomic mass is 9.99. The number of aryl methyl sites for hydroxylation is 3. The fraction of sp³-hybridized carbons (Fsp3) is 0.625. The number of benzene rings is 1. The van der Waals surface area contributed by atoms with E-state index in [1.165, 1.54) is 35.1 Å². The minimum absolute atomic E-state index is 0.210. The highest BCUT2D eigenvalue weighted by Crippen LogP contribution is 2.45. The molecule has 0 bridgehead atoms. The lowest BCUT2D eigenvalue weighted by molar-refractivity contribution is 0.161. The van der Waals surface area contributed by atoms with E-state index in [1.807, 2.05) is 0 Å². The highest BCUT2D eigenvalue weighted by atomic mass is 16.3. The Morgan fingerprint density at radius 3 is 2.17 bits per heavy atom. The number of nitrogens with zero attached hydrogens (tertiary/aromatic N) is 1. The number of hydrogen-bond donors (Lipinski definition) is 1. The molecule has 2 nitrogen and oxygen atoms in total. The van der Waals surface area contributed by atoms with Crippen molar-refractivity contribution in [3.05, 3.63) is 34.4 Å². The van der Waals surface area contributed by atoms with Crippen molar-refractivity contribution in [3.63, 3.8) is 0 Å². The molecule has 2 heteroatoms. The van der Waals surface area contributed by atoms with Crippen molar-refractivity contribution in [1.29, 1.82) is 0 Å². The molecule has 0 unspecified atom stereocenters. The van der Waals surface area contributed by atoms with Crippen LogP contribution in [0.4, 0.5) is 0 Å². The van der Waals surface area contributed by atoms with Gasteiger partial charge in [0.25, 0.3) is 0 Å². The summed E-state index contributed by atoms with van der Waals surface area (Å²) in [6.07, 6.45) is 2.36. The molecule has 0 spiro atoms. The molecule has 1 aromatic rings. The molecule has 0 atom stereocenters. The van der Waals surface area contributed by atoms with Gasteiger partial charge in [-0.05, 0) is 57.4 Å². The summed E-state index contributed by atoms with van der Waals surface area (Å²) in [6.45, 7) is 8.88. The van der Waals surface area contributed by atoms with Gasteiger partial charge >= 0.3 is 0 Å². The molecule has 0 saturated heterocycles. The van der Waals surface area contributed by atoms with Gasteiger partial charge in [0.15, 0.2) is 0 Å². The second-order valence-corrected chi connectivity index (χ2v) is 6.21. The van der Waals surface area contributed by atoms with Crippen LogP contribution in [0.3, 0.4) is 0 Å². The summed E-state index contributed by atoms with van der Waals surface area (Å²) in [4.78, 5) is 2.36. The van der Waals surface area contributed by atoms with Gasteiger partial charge in [-0.3, -0.25) is 0 Å². The van der Waals surface area contributed by atoms with E-state index in [0.29, 0.717) is 6.61 Å². The molecular weight excluding hydrogens is 222 g/mol. The van der Waals surface area contributed by atoms with Crippen LogP contribution in [0.1, 0.15) is 35.1 Å². The van der Waals surface area contributed by atoms with Gasteiger partial charge in [0.1, 0.15) is 0 Å². The first-order valence-corrected chi connectivity index (χ1v) is 6.82. The van der Waals surface area contributed by atoms with Crippen LogP contribution in [0.5, 0.6) is 0 Å². The fourth-order valence-corrected chi connectivity index (χ4v) is 2.90. The zero-order valence-electron chi connectivity index (χ0n) is 12.1. The number of aliphatic hydroxyl groups excluding tert-OH is 1. The standard InChI is InChI=1S/C16H25NO/c1-12-7-13(2)15(14(3)8-12)9-17(4)10-16(11-18)5-6-16/h7-8,18H,5-6,9-11H2,1-4H3. The summed E-state index contributed by atoms with van der Waals surface area (Å²) < 4.78 is 0. The Hall–Kier alpha value is -0.860. The maximum atomic E-state index is 9.39. The van der Waals surface area contributed by atoms with E-state index in [0.717, 1.165) is 13.1 Å². The van der Waals surface area contributed by atoms with Crippen molar-refractivity contribution in [3.8, 4) is 0 Å². The summed E-state index contributed by atoms with van der Waals surface area (Å²) in [5.41, 5.74) is 5.75. The average molecular weight is 247 g/mol. The van der Waals surface area contributed by atoms with Crippen LogP contribution in [0.15, 0.2) is 12.1 Å². The molecule has 0 aromatic heterocycles. The van der Waals surface area contributed by atoms with Gasteiger partial charge in [-0.15, -0.1) is 0 Å². The second-order valence-electron chi connectivity index (χ2n) is 6.21. The average Bonchev–Trinajstić information content (AvgIpc) is 3.04. The molecule has 2 rings (SSSR count). The Morgan fingerprint density at radius 2 is 1.72 bits per heavy atom. The summed E-state index contributed by atoms with van der Waals surface area (Å²) in [5, 5.41) is 9.39. The van der Waals surface area contributed by atoms with E-state index in [9.17, 15) is 5.11 Å². The van der Waals surface area contributed by atoms with Crippen LogP contribution < -0.4 is 0 Å². The predicted molar refractivity (Wildman–Crippen MR) is 75.7 cm³/mol. The third-order valence-electron chi connectivity index (χ3n) is 4.17. The summed E-state index contributed by atoms with van der Waals surface area (Å²) in [5.74, 6) is 0. The highest BCUT2D eigenvalue weighted by Gasteiger charge is 2.42. The first-order valence-electron chi connectivity index (χ1n) is 6.82. The van der Waals surface area contributed by atoms with Crippen LogP contribution in [-0.4, -0.2) is 30.2 Å². The fourth-order valence-electron chi connectivity index (χ4n) is 2.90. The molecule has 0 aliphatic heterocycles. The molecule has 1 N–H and O–H groups in total. The van der Waals surface area contributed by atoms with Gasteiger partial charge in [-0.2, -0.15) is 0 Å². The quantitative estimate of drug-likeness (QED) is 0.865. The van der Waals surface area contributed by atoms with E-state index in [-0.39, 0.29) is 5.41 Å². The van der Waals surface area contributed by atoms with Crippen molar-refractivity contribution >= 4 is 0 Å². The molecule has 1 saturated carbocycles. The number of hydrogen-bond acceptors (Lipinski definition) is 2. The van der Waals surface area contributed by atoms with Crippen LogP contribution in [0.2, 0.25) is 0 Å². The zero-order valence-corrected chi connectivity index (χ0v) is 12.1. The van der Waals surface area contributed by atoms with E-state index in [1.54, 1.807) is 0 Å². The topological polar surface area (TPSA) is 23.5 Å². The Kier molecular flexibility index (Phi) is 3.79. The highest BCUT2D eigenvalue weighted by molar-refractivity contribution is 5.37. The van der Waals surface area contributed by atoms with Gasteiger partial charge in [-0.25, -0.2) is 0 Å². The van der Waals surface area contributed by atoms with Crippen molar-refractivity contribution in [2.45, 2.75) is 40.2 Å². The van der Waals surface area contributed by atoms with E-state index in [4.69, 9.17) is 0 Å². The van der Waals surface area contributed by atoms with E-state index < -0.39 is 0 Å². The molecule has 0 radical (unpaired) electrons. The molecule has 1 aromatic carbocycles. The van der Waals surface area contributed by atoms with Crippen LogP contribution >= 0.6 is 0 Å². The maximum Gasteiger partial charge on any atom is 0.0499 e. The van der Waals surface area contributed by atoms with Crippen molar-refractivity contribution in [2.75, 3.05) is 20.2 Å². The largest absolute Gasteiger partial charge is 0.396 e. The first-order chi connectivity index (χ1) is 8.46. The smallest absolute Gasteiger partial charge is 0.0499 e. The van der Waals surface area contributed by atoms with Crippen LogP contribution in [0.25, 0.3) is 0 Å². The van der Waals surface area contributed by atoms with Gasteiger partial charge in [0.2, 0.25) is 0 Å². The van der Waals surface area contributed by atoms with Gasteiger partial charge < -0.3 is 10.0 Å². The Morgan fingerprint density at radius 1 is 1.17 bits per heavy atom. The molecule has 1 fully saturated rings. The summed E-state index contributed by atoms with van der Waals surface area (Å²) in [7, 11) is 2.16. The van der Waals surface area contributed by atoms with E-state index >= 15 is 0 Å². The van der Waals surface area contributed by atoms with Crippen molar-refractivity contribution < 1.29 is 5.11 Å². The predicted octanol–water partition coefficient (Wildman–Crippen LogP) is 2.82. The number of aliphatic hydroxyl groups is 1. The Balaban J connectivity index is 2.05. The van der Waals surface area contributed by atoms with Gasteiger partial charge in [0, 0.05) is 25.1 Å². The molecule has 0 amide bonds. The molecule has 1 aliphatic carbocycles. The monoisotopic (exact) mass is 247 g/mol. The third kappa shape index (κ3) is 2.93. The molecule has 100 valence electrons. The molecule has 18 heavy (non-hydrogen) atoms. The van der Waals surface area contributed by atoms with Crippen LogP contribution in [0, 0.1) is 26.2 Å². The maximum absolute atomic E-state index is 9.39. The van der Waals surface area contributed by atoms with Crippen molar-refractivity contribution in [1.82, 2.24) is 4.90 Å². The lowest BCUT2D eigenvalue weighted by Crippen LogP contribution is -2.29. The van der Waals surface area contributed by atoms with Crippen molar-refractivity contribution in [2.24, 2.45) is 5.41 Å². The summed E-state index contributed by atoms with van der Waals surface area (Å²) >= 11 is 0. The minimum atomic E-state index is 0.210.